The van der Waals surface area contributed by atoms with E-state index in [0.717, 1.165) is 9.79 Å². The van der Waals surface area contributed by atoms with Crippen molar-refractivity contribution in [2.45, 2.75) is 19.6 Å². The molecule has 2 rings (SSSR count). The van der Waals surface area contributed by atoms with Crippen molar-refractivity contribution < 1.29 is 8.42 Å². The van der Waals surface area contributed by atoms with E-state index in [-0.39, 0.29) is 4.90 Å². The SMILES string of the molecule is CSc1ccc(S(=O)(=O)c2ccc(S)cc2)cc1. The molecule has 0 saturated heterocycles. The Morgan fingerprint density at radius 1 is 0.889 bits per heavy atom. The quantitative estimate of drug-likeness (QED) is 0.695. The van der Waals surface area contributed by atoms with E-state index in [4.69, 9.17) is 0 Å². The number of thiol groups is 1. The van der Waals surface area contributed by atoms with E-state index in [1.165, 1.54) is 0 Å². The first-order chi connectivity index (χ1) is 8.54. The van der Waals surface area contributed by atoms with Crippen LogP contribution in [0.15, 0.2) is 68.1 Å². The summed E-state index contributed by atoms with van der Waals surface area (Å²) < 4.78 is 24.6. The fourth-order valence-electron chi connectivity index (χ4n) is 1.52. The van der Waals surface area contributed by atoms with Gasteiger partial charge in [-0.05, 0) is 54.8 Å². The second-order valence-corrected chi connectivity index (χ2v) is 7.02. The van der Waals surface area contributed by atoms with Crippen LogP contribution in [-0.4, -0.2) is 14.7 Å². The normalized spacial score (nSPS) is 11.4. The second kappa shape index (κ2) is 5.38. The molecule has 0 aliphatic carbocycles. The highest BCUT2D eigenvalue weighted by atomic mass is 32.2. The Hall–Kier alpha value is -0.910. The number of benzene rings is 2. The second-order valence-electron chi connectivity index (χ2n) is 3.67. The average Bonchev–Trinajstić information content (AvgIpc) is 2.39. The molecular weight excluding hydrogens is 284 g/mol. The van der Waals surface area contributed by atoms with Gasteiger partial charge in [0.25, 0.3) is 0 Å². The molecular formula is C13H12O2S3. The molecule has 2 aromatic carbocycles. The Morgan fingerprint density at radius 3 is 1.78 bits per heavy atom. The molecule has 94 valence electrons. The van der Waals surface area contributed by atoms with E-state index in [1.807, 2.05) is 18.4 Å². The number of sulfone groups is 1. The van der Waals surface area contributed by atoms with Gasteiger partial charge in [-0.25, -0.2) is 8.42 Å². The average molecular weight is 296 g/mol. The van der Waals surface area contributed by atoms with Crippen LogP contribution in [0, 0.1) is 0 Å². The van der Waals surface area contributed by atoms with E-state index in [0.29, 0.717) is 4.90 Å². The monoisotopic (exact) mass is 296 g/mol. The topological polar surface area (TPSA) is 34.1 Å². The van der Waals surface area contributed by atoms with E-state index >= 15 is 0 Å². The highest BCUT2D eigenvalue weighted by molar-refractivity contribution is 7.98. The van der Waals surface area contributed by atoms with Gasteiger partial charge in [0.15, 0.2) is 0 Å². The van der Waals surface area contributed by atoms with Crippen LogP contribution in [0.2, 0.25) is 0 Å². The minimum absolute atomic E-state index is 0.289. The fourth-order valence-corrected chi connectivity index (χ4v) is 3.33. The third-order valence-corrected chi connectivity index (χ3v) is 5.34. The first-order valence-corrected chi connectivity index (χ1v) is 8.38. The molecule has 0 bridgehead atoms. The van der Waals surface area contributed by atoms with Crippen LogP contribution in [-0.2, 0) is 9.84 Å². The predicted molar refractivity (Wildman–Crippen MR) is 77.4 cm³/mol. The highest BCUT2D eigenvalue weighted by Gasteiger charge is 2.16. The summed E-state index contributed by atoms with van der Waals surface area (Å²) in [6.45, 7) is 0. The van der Waals surface area contributed by atoms with E-state index in [1.54, 1.807) is 48.2 Å². The molecule has 0 atom stereocenters. The van der Waals surface area contributed by atoms with Gasteiger partial charge in [-0.2, -0.15) is 0 Å². The molecule has 0 fully saturated rings. The van der Waals surface area contributed by atoms with Crippen LogP contribution in [0.4, 0.5) is 0 Å². The lowest BCUT2D eigenvalue weighted by Crippen LogP contribution is -2.01. The number of rotatable bonds is 3. The van der Waals surface area contributed by atoms with Crippen molar-refractivity contribution in [3.63, 3.8) is 0 Å². The van der Waals surface area contributed by atoms with Crippen molar-refractivity contribution in [2.75, 3.05) is 6.26 Å². The van der Waals surface area contributed by atoms with Crippen LogP contribution in [0.25, 0.3) is 0 Å². The van der Waals surface area contributed by atoms with Crippen LogP contribution in [0.1, 0.15) is 0 Å². The Kier molecular flexibility index (Phi) is 4.04. The molecule has 0 aliphatic heterocycles. The molecule has 0 aliphatic rings. The summed E-state index contributed by atoms with van der Waals surface area (Å²) in [5.41, 5.74) is 0. The molecule has 18 heavy (non-hydrogen) atoms. The van der Waals surface area contributed by atoms with Crippen molar-refractivity contribution in [3.05, 3.63) is 48.5 Å². The molecule has 0 radical (unpaired) electrons. The molecule has 0 amide bonds. The van der Waals surface area contributed by atoms with Gasteiger partial charge in [-0.3, -0.25) is 0 Å². The summed E-state index contributed by atoms with van der Waals surface area (Å²) in [5.74, 6) is 0. The van der Waals surface area contributed by atoms with Crippen LogP contribution in [0.5, 0.6) is 0 Å². The number of hydrogen-bond donors (Lipinski definition) is 1. The van der Waals surface area contributed by atoms with Gasteiger partial charge in [0.1, 0.15) is 0 Å². The maximum absolute atomic E-state index is 12.3. The standard InChI is InChI=1S/C13H12O2S3/c1-17-11-4-8-13(9-5-11)18(14,15)12-6-2-10(16)3-7-12/h2-9,16H,1H3. The van der Waals surface area contributed by atoms with Gasteiger partial charge < -0.3 is 0 Å². The largest absolute Gasteiger partial charge is 0.219 e. The Balaban J connectivity index is 2.44. The molecule has 0 spiro atoms. The Labute approximate surface area is 117 Å². The summed E-state index contributed by atoms with van der Waals surface area (Å²) in [6.07, 6.45) is 1.95. The van der Waals surface area contributed by atoms with Gasteiger partial charge in [0, 0.05) is 9.79 Å². The Bertz CT molecular complexity index is 629. The van der Waals surface area contributed by atoms with Crippen molar-refractivity contribution in [3.8, 4) is 0 Å². The lowest BCUT2D eigenvalue weighted by atomic mass is 10.4. The van der Waals surface area contributed by atoms with Crippen molar-refractivity contribution in [1.82, 2.24) is 0 Å². The summed E-state index contributed by atoms with van der Waals surface area (Å²) in [7, 11) is -3.42. The summed E-state index contributed by atoms with van der Waals surface area (Å²) in [4.78, 5) is 2.38. The lowest BCUT2D eigenvalue weighted by molar-refractivity contribution is 0.596. The Morgan fingerprint density at radius 2 is 1.33 bits per heavy atom. The summed E-state index contributed by atoms with van der Waals surface area (Å²) in [5, 5.41) is 0. The minimum atomic E-state index is -3.42. The number of hydrogen-bond acceptors (Lipinski definition) is 4. The van der Waals surface area contributed by atoms with Crippen molar-refractivity contribution in [1.29, 1.82) is 0 Å². The molecule has 2 nitrogen and oxygen atoms in total. The van der Waals surface area contributed by atoms with Crippen molar-refractivity contribution >= 4 is 34.2 Å². The van der Waals surface area contributed by atoms with Crippen LogP contribution < -0.4 is 0 Å². The molecule has 0 aromatic heterocycles. The molecule has 0 saturated carbocycles. The highest BCUT2D eigenvalue weighted by Crippen LogP contribution is 2.24. The zero-order valence-electron chi connectivity index (χ0n) is 9.70. The first-order valence-electron chi connectivity index (χ1n) is 5.22. The van der Waals surface area contributed by atoms with Crippen molar-refractivity contribution in [2.24, 2.45) is 0 Å². The van der Waals surface area contributed by atoms with Gasteiger partial charge in [-0.15, -0.1) is 24.4 Å². The molecule has 2 aromatic rings. The lowest BCUT2D eigenvalue weighted by Gasteiger charge is -2.05. The first kappa shape index (κ1) is 13.5. The van der Waals surface area contributed by atoms with E-state index in [2.05, 4.69) is 12.6 Å². The van der Waals surface area contributed by atoms with Gasteiger partial charge in [0.05, 0.1) is 9.79 Å². The summed E-state index contributed by atoms with van der Waals surface area (Å²) in [6, 6.07) is 13.4. The molecule has 0 heterocycles. The zero-order valence-corrected chi connectivity index (χ0v) is 12.2. The van der Waals surface area contributed by atoms with Gasteiger partial charge >= 0.3 is 0 Å². The molecule has 5 heteroatoms. The maximum Gasteiger partial charge on any atom is 0.206 e. The van der Waals surface area contributed by atoms with E-state index < -0.39 is 9.84 Å². The fraction of sp³-hybridized carbons (Fsp3) is 0.0769. The summed E-state index contributed by atoms with van der Waals surface area (Å²) >= 11 is 5.72. The maximum atomic E-state index is 12.3. The van der Waals surface area contributed by atoms with Crippen LogP contribution in [0.3, 0.4) is 0 Å². The smallest absolute Gasteiger partial charge is 0.206 e. The third-order valence-electron chi connectivity index (χ3n) is 2.52. The van der Waals surface area contributed by atoms with Crippen LogP contribution >= 0.6 is 24.4 Å². The van der Waals surface area contributed by atoms with Gasteiger partial charge in [0.2, 0.25) is 9.84 Å². The molecule has 0 N–H and O–H groups in total. The predicted octanol–water partition coefficient (Wildman–Crippen LogP) is 3.53. The third kappa shape index (κ3) is 2.74. The zero-order chi connectivity index (χ0) is 13.2. The van der Waals surface area contributed by atoms with E-state index in [9.17, 15) is 8.42 Å². The molecule has 0 unspecified atom stereocenters. The minimum Gasteiger partial charge on any atom is -0.219 e. The van der Waals surface area contributed by atoms with Gasteiger partial charge in [-0.1, -0.05) is 0 Å². The number of thioether (sulfide) groups is 1.